The van der Waals surface area contributed by atoms with Crippen LogP contribution in [0.1, 0.15) is 18.5 Å². The van der Waals surface area contributed by atoms with Gasteiger partial charge < -0.3 is 10.1 Å². The molecule has 0 saturated carbocycles. The van der Waals surface area contributed by atoms with Gasteiger partial charge in [-0.2, -0.15) is 17.6 Å². The Bertz CT molecular complexity index is 474. The van der Waals surface area contributed by atoms with E-state index >= 15 is 0 Å². The molecule has 1 heterocycles. The molecule has 0 bridgehead atoms. The average molecular weight is 379 g/mol. The quantitative estimate of drug-likeness (QED) is 0.790. The van der Waals surface area contributed by atoms with Gasteiger partial charge in [0.1, 0.15) is 5.75 Å². The smallest absolute Gasteiger partial charge is 0.428 e. The van der Waals surface area contributed by atoms with Gasteiger partial charge in [0.05, 0.1) is 0 Å². The van der Waals surface area contributed by atoms with E-state index in [2.05, 4.69) is 15.0 Å². The van der Waals surface area contributed by atoms with Gasteiger partial charge in [-0.05, 0) is 13.0 Å². The normalized spacial score (nSPS) is 17.1. The third-order valence-corrected chi connectivity index (χ3v) is 3.57. The van der Waals surface area contributed by atoms with Crippen molar-refractivity contribution in [2.24, 2.45) is 0 Å². The summed E-state index contributed by atoms with van der Waals surface area (Å²) < 4.78 is 55.1. The highest BCUT2D eigenvalue weighted by Gasteiger charge is 2.44. The largest absolute Gasteiger partial charge is 0.461 e. The molecule has 0 amide bonds. The lowest BCUT2D eigenvalue weighted by Crippen LogP contribution is -2.44. The average Bonchev–Trinajstić information content (AvgIpc) is 2.47. The van der Waals surface area contributed by atoms with E-state index in [4.69, 9.17) is 0 Å². The highest BCUT2D eigenvalue weighted by atomic mass is 35.5. The van der Waals surface area contributed by atoms with Crippen molar-refractivity contribution in [3.05, 3.63) is 29.8 Å². The van der Waals surface area contributed by atoms with Crippen molar-refractivity contribution >= 4 is 24.8 Å². The highest BCUT2D eigenvalue weighted by Crippen LogP contribution is 2.34. The van der Waals surface area contributed by atoms with Gasteiger partial charge in [-0.15, -0.1) is 24.8 Å². The summed E-state index contributed by atoms with van der Waals surface area (Å²) in [5.41, 5.74) is 0.486. The molecule has 23 heavy (non-hydrogen) atoms. The van der Waals surface area contributed by atoms with E-state index in [0.717, 1.165) is 26.2 Å². The summed E-state index contributed by atoms with van der Waals surface area (Å²) in [7, 11) is 0. The van der Waals surface area contributed by atoms with E-state index in [1.807, 2.05) is 6.92 Å². The molecule has 0 aliphatic carbocycles. The second kappa shape index (κ2) is 9.52. The fraction of sp³-hybridized carbons (Fsp3) is 0.571. The Balaban J connectivity index is 0.00000242. The topological polar surface area (TPSA) is 24.5 Å². The van der Waals surface area contributed by atoms with Gasteiger partial charge in [0.15, 0.2) is 0 Å². The summed E-state index contributed by atoms with van der Waals surface area (Å²) in [6.45, 7) is 5.00. The first kappa shape index (κ1) is 22.2. The molecule has 0 spiro atoms. The standard InChI is InChI=1S/C14H18F4N2O.2ClH/c1-10(20-8-6-19-7-9-20)11-4-2-3-5-12(11)21-14(17,18)13(15)16;;/h2-5,10,13,19H,6-9H2,1H3;2*1H/t10-;;/m0../s1. The summed E-state index contributed by atoms with van der Waals surface area (Å²) >= 11 is 0. The van der Waals surface area contributed by atoms with Gasteiger partial charge in [-0.3, -0.25) is 4.90 Å². The number of hydrogen-bond donors (Lipinski definition) is 1. The molecule has 1 aromatic rings. The Morgan fingerprint density at radius 3 is 2.26 bits per heavy atom. The summed E-state index contributed by atoms with van der Waals surface area (Å²) in [4.78, 5) is 2.10. The molecule has 1 N–H and O–H groups in total. The van der Waals surface area contributed by atoms with Gasteiger partial charge >= 0.3 is 12.5 Å². The number of rotatable bonds is 5. The summed E-state index contributed by atoms with van der Waals surface area (Å²) in [5.74, 6) is -0.200. The van der Waals surface area contributed by atoms with Gasteiger partial charge in [0.25, 0.3) is 0 Å². The Kier molecular flexibility index (Phi) is 9.20. The van der Waals surface area contributed by atoms with Gasteiger partial charge in [-0.25, -0.2) is 0 Å². The molecule has 1 aromatic carbocycles. The number of nitrogens with zero attached hydrogens (tertiary/aromatic N) is 1. The number of para-hydroxylation sites is 1. The predicted octanol–water partition coefficient (Wildman–Crippen LogP) is 3.73. The second-order valence-electron chi connectivity index (χ2n) is 4.96. The van der Waals surface area contributed by atoms with Crippen molar-refractivity contribution in [2.75, 3.05) is 26.2 Å². The van der Waals surface area contributed by atoms with Crippen LogP contribution in [0, 0.1) is 0 Å². The molecule has 1 atom stereocenters. The highest BCUT2D eigenvalue weighted by molar-refractivity contribution is 5.85. The maximum absolute atomic E-state index is 13.1. The number of ether oxygens (including phenoxy) is 1. The number of nitrogens with one attached hydrogen (secondary N) is 1. The zero-order valence-electron chi connectivity index (χ0n) is 12.5. The molecule has 3 nitrogen and oxygen atoms in total. The van der Waals surface area contributed by atoms with Crippen molar-refractivity contribution in [1.29, 1.82) is 0 Å². The van der Waals surface area contributed by atoms with Crippen molar-refractivity contribution < 1.29 is 22.3 Å². The first-order valence-corrected chi connectivity index (χ1v) is 6.80. The summed E-state index contributed by atoms with van der Waals surface area (Å²) in [6.07, 6.45) is -8.35. The Morgan fingerprint density at radius 2 is 1.70 bits per heavy atom. The molecule has 134 valence electrons. The molecule has 0 unspecified atom stereocenters. The third-order valence-electron chi connectivity index (χ3n) is 3.57. The molecule has 0 radical (unpaired) electrons. The fourth-order valence-corrected chi connectivity index (χ4v) is 2.38. The molecule has 1 aliphatic heterocycles. The molecule has 1 fully saturated rings. The monoisotopic (exact) mass is 378 g/mol. The lowest BCUT2D eigenvalue weighted by molar-refractivity contribution is -0.253. The van der Waals surface area contributed by atoms with Crippen LogP contribution >= 0.6 is 24.8 Å². The second-order valence-corrected chi connectivity index (χ2v) is 4.96. The SMILES string of the molecule is C[C@@H](c1ccccc1OC(F)(F)C(F)F)N1CCNCC1.Cl.Cl. The molecule has 0 aromatic heterocycles. The van der Waals surface area contributed by atoms with E-state index in [0.29, 0.717) is 5.56 Å². The molecule has 9 heteroatoms. The lowest BCUT2D eigenvalue weighted by atomic mass is 10.0. The van der Waals surface area contributed by atoms with Crippen LogP contribution in [0.2, 0.25) is 0 Å². The van der Waals surface area contributed by atoms with Crippen LogP contribution < -0.4 is 10.1 Å². The first-order valence-electron chi connectivity index (χ1n) is 6.80. The van der Waals surface area contributed by atoms with Crippen LogP contribution in [0.5, 0.6) is 5.75 Å². The maximum atomic E-state index is 13.1. The number of alkyl halides is 4. The zero-order chi connectivity index (χ0) is 15.5. The third kappa shape index (κ3) is 5.67. The Labute approximate surface area is 145 Å². The minimum absolute atomic E-state index is 0. The minimum Gasteiger partial charge on any atom is -0.428 e. The number of benzene rings is 1. The van der Waals surface area contributed by atoms with Crippen molar-refractivity contribution in [1.82, 2.24) is 10.2 Å². The van der Waals surface area contributed by atoms with E-state index in [-0.39, 0.29) is 36.6 Å². The van der Waals surface area contributed by atoms with Crippen LogP contribution in [0.3, 0.4) is 0 Å². The van der Waals surface area contributed by atoms with Crippen molar-refractivity contribution in [2.45, 2.75) is 25.5 Å². The fourth-order valence-electron chi connectivity index (χ4n) is 2.38. The Morgan fingerprint density at radius 1 is 1.13 bits per heavy atom. The van der Waals surface area contributed by atoms with Gasteiger partial charge in [0, 0.05) is 37.8 Å². The molecule has 1 aliphatic rings. The first-order chi connectivity index (χ1) is 9.92. The molecule has 2 rings (SSSR count). The minimum atomic E-state index is -4.49. The van der Waals surface area contributed by atoms with Gasteiger partial charge in [-0.1, -0.05) is 18.2 Å². The van der Waals surface area contributed by atoms with E-state index in [9.17, 15) is 17.6 Å². The number of piperazine rings is 1. The Hall–Kier alpha value is -0.760. The van der Waals surface area contributed by atoms with Crippen LogP contribution in [-0.2, 0) is 0 Å². The lowest BCUT2D eigenvalue weighted by Gasteiger charge is -2.34. The van der Waals surface area contributed by atoms with E-state index < -0.39 is 12.5 Å². The van der Waals surface area contributed by atoms with Crippen LogP contribution in [0.25, 0.3) is 0 Å². The maximum Gasteiger partial charge on any atom is 0.461 e. The van der Waals surface area contributed by atoms with E-state index in [1.54, 1.807) is 12.1 Å². The predicted molar refractivity (Wildman–Crippen MR) is 85.4 cm³/mol. The van der Waals surface area contributed by atoms with Crippen molar-refractivity contribution in [3.63, 3.8) is 0 Å². The van der Waals surface area contributed by atoms with Gasteiger partial charge in [0.2, 0.25) is 0 Å². The summed E-state index contributed by atoms with van der Waals surface area (Å²) in [5, 5.41) is 3.20. The number of halogens is 6. The zero-order valence-corrected chi connectivity index (χ0v) is 14.1. The molecule has 1 saturated heterocycles. The summed E-state index contributed by atoms with van der Waals surface area (Å²) in [6, 6.07) is 5.91. The number of hydrogen-bond acceptors (Lipinski definition) is 3. The van der Waals surface area contributed by atoms with Crippen LogP contribution in [0.15, 0.2) is 24.3 Å². The molecular weight excluding hydrogens is 359 g/mol. The van der Waals surface area contributed by atoms with Crippen LogP contribution in [0.4, 0.5) is 17.6 Å². The van der Waals surface area contributed by atoms with Crippen molar-refractivity contribution in [3.8, 4) is 5.75 Å². The van der Waals surface area contributed by atoms with Crippen LogP contribution in [-0.4, -0.2) is 43.6 Å². The van der Waals surface area contributed by atoms with E-state index in [1.165, 1.54) is 12.1 Å². The molecular formula is C14H20Cl2F4N2O.